The van der Waals surface area contributed by atoms with Gasteiger partial charge in [0.05, 0.1) is 13.2 Å². The molecule has 5 heteroatoms. The van der Waals surface area contributed by atoms with Gasteiger partial charge in [0.25, 0.3) is 5.91 Å². The Labute approximate surface area is 124 Å². The van der Waals surface area contributed by atoms with Gasteiger partial charge < -0.3 is 10.1 Å². The molecule has 112 valence electrons. The number of hydrogen-bond donors (Lipinski definition) is 2. The van der Waals surface area contributed by atoms with E-state index in [-0.39, 0.29) is 5.91 Å². The number of nitrogens with zero attached hydrogens (tertiary/aromatic N) is 1. The molecule has 21 heavy (non-hydrogen) atoms. The van der Waals surface area contributed by atoms with Crippen molar-refractivity contribution in [3.8, 4) is 0 Å². The first-order valence-corrected chi connectivity index (χ1v) is 7.48. The molecule has 0 radical (unpaired) electrons. The van der Waals surface area contributed by atoms with Crippen LogP contribution in [0.15, 0.2) is 29.3 Å². The number of fused-ring (bicyclic) bond motifs is 2. The molecule has 2 aliphatic rings. The van der Waals surface area contributed by atoms with Crippen molar-refractivity contribution in [1.82, 2.24) is 10.6 Å². The van der Waals surface area contributed by atoms with E-state index in [1.807, 2.05) is 12.1 Å². The predicted molar refractivity (Wildman–Crippen MR) is 81.1 cm³/mol. The Morgan fingerprint density at radius 3 is 3.05 bits per heavy atom. The highest BCUT2D eigenvalue weighted by atomic mass is 16.5. The summed E-state index contributed by atoms with van der Waals surface area (Å²) in [5.41, 5.74) is 1.70. The highest BCUT2D eigenvalue weighted by Crippen LogP contribution is 2.36. The molecule has 1 amide bonds. The smallest absolute Gasteiger partial charge is 0.257 e. The molecule has 1 aromatic rings. The van der Waals surface area contributed by atoms with Crippen molar-refractivity contribution in [3.63, 3.8) is 0 Å². The highest BCUT2D eigenvalue weighted by Gasteiger charge is 2.47. The molecule has 0 aromatic heterocycles. The molecule has 3 rings (SSSR count). The Balaban J connectivity index is 1.93. The number of rotatable bonds is 3. The third-order valence-electron chi connectivity index (χ3n) is 4.24. The summed E-state index contributed by atoms with van der Waals surface area (Å²) >= 11 is 0. The summed E-state index contributed by atoms with van der Waals surface area (Å²) in [6.45, 7) is 1.08. The van der Waals surface area contributed by atoms with Crippen LogP contribution in [0.5, 0.6) is 0 Å². The van der Waals surface area contributed by atoms with Gasteiger partial charge in [0, 0.05) is 7.11 Å². The van der Waals surface area contributed by atoms with Crippen molar-refractivity contribution in [2.75, 3.05) is 20.3 Å². The van der Waals surface area contributed by atoms with Crippen molar-refractivity contribution in [2.24, 2.45) is 4.99 Å². The minimum absolute atomic E-state index is 0.00742. The first kappa shape index (κ1) is 14.1. The number of nitrogens with one attached hydrogen (secondary N) is 2. The molecular weight excluding hydrogens is 266 g/mol. The Kier molecular flexibility index (Phi) is 3.92. The second-order valence-corrected chi connectivity index (χ2v) is 5.57. The quantitative estimate of drug-likeness (QED) is 0.824. The maximum Gasteiger partial charge on any atom is 0.257 e. The van der Waals surface area contributed by atoms with Crippen molar-refractivity contribution in [2.45, 2.75) is 31.2 Å². The van der Waals surface area contributed by atoms with E-state index in [2.05, 4.69) is 27.8 Å². The minimum Gasteiger partial charge on any atom is -0.383 e. The van der Waals surface area contributed by atoms with Crippen LogP contribution >= 0.6 is 0 Å². The monoisotopic (exact) mass is 287 g/mol. The van der Waals surface area contributed by atoms with E-state index in [1.54, 1.807) is 7.11 Å². The molecule has 1 atom stereocenters. The van der Waals surface area contributed by atoms with Crippen LogP contribution in [0, 0.1) is 0 Å². The molecule has 0 bridgehead atoms. The number of benzene rings is 1. The van der Waals surface area contributed by atoms with Crippen LogP contribution in [0.3, 0.4) is 0 Å². The number of carbonyl (C=O) groups excluding carboxylic acids is 1. The number of aryl methyl sites for hydroxylation is 1. The lowest BCUT2D eigenvalue weighted by Gasteiger charge is -2.27. The van der Waals surface area contributed by atoms with Crippen molar-refractivity contribution >= 4 is 11.9 Å². The standard InChI is InChI=1S/C16H21N3O2/c1-21-11-10-17-15-18-14(20)16(19-15)9-5-4-7-12-6-2-3-8-13(12)16/h2-3,6,8H,4-5,7,9-11H2,1H3,(H2,17,18,19,20). The molecule has 1 aliphatic carbocycles. The first-order valence-electron chi connectivity index (χ1n) is 7.48. The summed E-state index contributed by atoms with van der Waals surface area (Å²) in [7, 11) is 1.64. The van der Waals surface area contributed by atoms with Crippen molar-refractivity contribution in [1.29, 1.82) is 0 Å². The van der Waals surface area contributed by atoms with Gasteiger partial charge in [-0.05, 0) is 36.8 Å². The lowest BCUT2D eigenvalue weighted by molar-refractivity contribution is -0.124. The number of amides is 1. The molecule has 1 heterocycles. The molecular formula is C16H21N3O2. The van der Waals surface area contributed by atoms with E-state index >= 15 is 0 Å². The molecule has 0 saturated carbocycles. The summed E-state index contributed by atoms with van der Waals surface area (Å²) < 4.78 is 4.99. The van der Waals surface area contributed by atoms with E-state index in [0.29, 0.717) is 19.1 Å². The van der Waals surface area contributed by atoms with Crippen LogP contribution < -0.4 is 10.6 Å². The van der Waals surface area contributed by atoms with Gasteiger partial charge >= 0.3 is 0 Å². The summed E-state index contributed by atoms with van der Waals surface area (Å²) in [4.78, 5) is 17.0. The average molecular weight is 287 g/mol. The normalized spacial score (nSPS) is 26.3. The van der Waals surface area contributed by atoms with Gasteiger partial charge in [-0.25, -0.2) is 0 Å². The van der Waals surface area contributed by atoms with Gasteiger partial charge in [-0.1, -0.05) is 24.3 Å². The zero-order chi connectivity index (χ0) is 14.7. The number of carbonyl (C=O) groups is 1. The zero-order valence-corrected chi connectivity index (χ0v) is 12.3. The maximum absolute atomic E-state index is 12.6. The van der Waals surface area contributed by atoms with Gasteiger partial charge in [0.1, 0.15) is 5.54 Å². The van der Waals surface area contributed by atoms with Crippen LogP contribution in [-0.4, -0.2) is 32.1 Å². The van der Waals surface area contributed by atoms with Crippen LogP contribution in [0.1, 0.15) is 30.4 Å². The largest absolute Gasteiger partial charge is 0.383 e. The second kappa shape index (κ2) is 5.85. The molecule has 1 fully saturated rings. The molecule has 1 aromatic carbocycles. The van der Waals surface area contributed by atoms with Crippen LogP contribution in [0.4, 0.5) is 0 Å². The van der Waals surface area contributed by atoms with E-state index in [9.17, 15) is 4.79 Å². The SMILES string of the molecule is COCCN=C1NC(=O)C2(CCCCc3ccccc32)N1. The summed E-state index contributed by atoms with van der Waals surface area (Å²) in [5.74, 6) is 0.571. The minimum atomic E-state index is -0.654. The Morgan fingerprint density at radius 1 is 1.33 bits per heavy atom. The maximum atomic E-state index is 12.6. The van der Waals surface area contributed by atoms with Gasteiger partial charge in [-0.2, -0.15) is 0 Å². The van der Waals surface area contributed by atoms with Crippen LogP contribution in [0.25, 0.3) is 0 Å². The van der Waals surface area contributed by atoms with Crippen LogP contribution in [-0.2, 0) is 21.5 Å². The average Bonchev–Trinajstić information content (AvgIpc) is 2.69. The van der Waals surface area contributed by atoms with E-state index < -0.39 is 5.54 Å². The molecule has 1 spiro atoms. The Hall–Kier alpha value is -1.88. The second-order valence-electron chi connectivity index (χ2n) is 5.57. The highest BCUT2D eigenvalue weighted by molar-refractivity contribution is 6.09. The third kappa shape index (κ3) is 2.53. The lowest BCUT2D eigenvalue weighted by Crippen LogP contribution is -2.44. The van der Waals surface area contributed by atoms with E-state index in [1.165, 1.54) is 5.56 Å². The fraction of sp³-hybridized carbons (Fsp3) is 0.500. The zero-order valence-electron chi connectivity index (χ0n) is 12.3. The van der Waals surface area contributed by atoms with Crippen molar-refractivity contribution < 1.29 is 9.53 Å². The van der Waals surface area contributed by atoms with Crippen LogP contribution in [0.2, 0.25) is 0 Å². The molecule has 1 saturated heterocycles. The molecule has 1 aliphatic heterocycles. The lowest BCUT2D eigenvalue weighted by atomic mass is 9.84. The topological polar surface area (TPSA) is 62.7 Å². The predicted octanol–water partition coefficient (Wildman–Crippen LogP) is 1.33. The number of methoxy groups -OCH3 is 1. The van der Waals surface area contributed by atoms with Crippen molar-refractivity contribution in [3.05, 3.63) is 35.4 Å². The fourth-order valence-electron chi connectivity index (χ4n) is 3.19. The molecule has 1 unspecified atom stereocenters. The number of hydrogen-bond acceptors (Lipinski definition) is 3. The molecule has 5 nitrogen and oxygen atoms in total. The van der Waals surface area contributed by atoms with E-state index in [4.69, 9.17) is 4.74 Å². The van der Waals surface area contributed by atoms with Gasteiger partial charge in [0.2, 0.25) is 0 Å². The summed E-state index contributed by atoms with van der Waals surface area (Å²) in [6, 6.07) is 8.22. The summed E-state index contributed by atoms with van der Waals surface area (Å²) in [5, 5.41) is 6.23. The van der Waals surface area contributed by atoms with Gasteiger partial charge in [-0.3, -0.25) is 15.1 Å². The third-order valence-corrected chi connectivity index (χ3v) is 4.24. The summed E-state index contributed by atoms with van der Waals surface area (Å²) in [6.07, 6.45) is 3.98. The van der Waals surface area contributed by atoms with Gasteiger partial charge in [0.15, 0.2) is 5.96 Å². The number of aliphatic imine (C=N–C) groups is 1. The Bertz CT molecular complexity index is 570. The number of guanidine groups is 1. The van der Waals surface area contributed by atoms with E-state index in [0.717, 1.165) is 31.2 Å². The first-order chi connectivity index (χ1) is 10.3. The fourth-order valence-corrected chi connectivity index (χ4v) is 3.19. The molecule has 2 N–H and O–H groups in total. The van der Waals surface area contributed by atoms with Gasteiger partial charge in [-0.15, -0.1) is 0 Å². The number of ether oxygens (including phenoxy) is 1. The Morgan fingerprint density at radius 2 is 2.19 bits per heavy atom.